The average Bonchev–Trinajstić information content (AvgIpc) is 2.71. The first-order valence-corrected chi connectivity index (χ1v) is 7.45. The van der Waals surface area contributed by atoms with Gasteiger partial charge in [0, 0.05) is 12.3 Å². The molecule has 0 saturated carbocycles. The lowest BCUT2D eigenvalue weighted by atomic mass is 9.81. The maximum atomic E-state index is 12.3. The summed E-state index contributed by atoms with van der Waals surface area (Å²) in [6.07, 6.45) is -0.922. The summed E-state index contributed by atoms with van der Waals surface area (Å²) in [4.78, 5) is 23.6. The molecule has 5 heteroatoms. The molecule has 0 bridgehead atoms. The van der Waals surface area contributed by atoms with Gasteiger partial charge in [0.2, 0.25) is 6.29 Å². The number of carbonyl (C=O) groups is 2. The minimum absolute atomic E-state index is 0.148. The Morgan fingerprint density at radius 2 is 1.82 bits per heavy atom. The van der Waals surface area contributed by atoms with E-state index in [1.165, 1.54) is 6.92 Å². The Kier molecular flexibility index (Phi) is 4.86. The van der Waals surface area contributed by atoms with Crippen LogP contribution in [0.5, 0.6) is 0 Å². The van der Waals surface area contributed by atoms with Crippen LogP contribution in [0.3, 0.4) is 0 Å². The van der Waals surface area contributed by atoms with Crippen molar-refractivity contribution < 1.29 is 23.8 Å². The lowest BCUT2D eigenvalue weighted by Crippen LogP contribution is -2.40. The predicted octanol–water partition coefficient (Wildman–Crippen LogP) is 2.94. The molecule has 3 atom stereocenters. The molecule has 1 fully saturated rings. The largest absolute Gasteiger partial charge is 0.451 e. The quantitative estimate of drug-likeness (QED) is 0.800. The summed E-state index contributed by atoms with van der Waals surface area (Å²) in [6, 6.07) is 8.73. The molecule has 1 saturated heterocycles. The Hall–Kier alpha value is -1.88. The maximum Gasteiger partial charge on any atom is 0.338 e. The third-order valence-corrected chi connectivity index (χ3v) is 4.01. The molecule has 2 rings (SSSR count). The van der Waals surface area contributed by atoms with Crippen LogP contribution in [0.1, 0.15) is 44.5 Å². The van der Waals surface area contributed by atoms with Gasteiger partial charge in [-0.15, -0.1) is 0 Å². The van der Waals surface area contributed by atoms with E-state index in [0.717, 1.165) is 6.42 Å². The summed E-state index contributed by atoms with van der Waals surface area (Å²) in [5.41, 5.74) is 0.0130. The van der Waals surface area contributed by atoms with Crippen molar-refractivity contribution in [3.8, 4) is 0 Å². The van der Waals surface area contributed by atoms with Gasteiger partial charge >= 0.3 is 11.9 Å². The zero-order valence-electron chi connectivity index (χ0n) is 13.4. The van der Waals surface area contributed by atoms with E-state index < -0.39 is 29.7 Å². The van der Waals surface area contributed by atoms with Crippen molar-refractivity contribution in [2.24, 2.45) is 5.41 Å². The molecule has 0 radical (unpaired) electrons. The number of carbonyl (C=O) groups excluding carboxylic acids is 2. The highest BCUT2D eigenvalue weighted by molar-refractivity contribution is 5.89. The second kappa shape index (κ2) is 6.48. The lowest BCUT2D eigenvalue weighted by Gasteiger charge is -2.30. The van der Waals surface area contributed by atoms with Crippen LogP contribution in [0.25, 0.3) is 0 Å². The molecular formula is C17H22O5. The summed E-state index contributed by atoms with van der Waals surface area (Å²) in [6.45, 7) is 7.20. The van der Waals surface area contributed by atoms with E-state index in [1.807, 2.05) is 26.8 Å². The molecule has 1 aliphatic rings. The Morgan fingerprint density at radius 1 is 1.18 bits per heavy atom. The van der Waals surface area contributed by atoms with Crippen molar-refractivity contribution in [2.75, 3.05) is 0 Å². The van der Waals surface area contributed by atoms with Gasteiger partial charge in [0.25, 0.3) is 0 Å². The average molecular weight is 306 g/mol. The molecule has 1 heterocycles. The normalized spacial score (nSPS) is 26.5. The van der Waals surface area contributed by atoms with E-state index in [4.69, 9.17) is 14.2 Å². The molecule has 0 aromatic heterocycles. The standard InChI is InChI=1S/C17H22O5/c1-5-13-17(3,4)14(16(21-13)20-11(2)18)22-15(19)12-9-7-6-8-10-12/h6-10,13-14,16H,5H2,1-4H3/t13-,14+,16?/m1/s1. The number of benzene rings is 1. The summed E-state index contributed by atoms with van der Waals surface area (Å²) >= 11 is 0. The molecular weight excluding hydrogens is 284 g/mol. The SMILES string of the molecule is CC[C@H]1OC(OC(C)=O)[C@H](OC(=O)c2ccccc2)C1(C)C. The molecule has 120 valence electrons. The van der Waals surface area contributed by atoms with Crippen LogP contribution in [0.2, 0.25) is 0 Å². The maximum absolute atomic E-state index is 12.3. The van der Waals surface area contributed by atoms with Crippen molar-refractivity contribution in [2.45, 2.75) is 52.6 Å². The van der Waals surface area contributed by atoms with Gasteiger partial charge in [-0.05, 0) is 18.6 Å². The molecule has 0 N–H and O–H groups in total. The second-order valence-electron chi connectivity index (χ2n) is 6.02. The molecule has 1 aromatic rings. The predicted molar refractivity (Wildman–Crippen MR) is 80.1 cm³/mol. The molecule has 22 heavy (non-hydrogen) atoms. The Morgan fingerprint density at radius 3 is 2.36 bits per heavy atom. The third kappa shape index (κ3) is 3.30. The fraction of sp³-hybridized carbons (Fsp3) is 0.529. The Labute approximate surface area is 130 Å². The van der Waals surface area contributed by atoms with E-state index in [-0.39, 0.29) is 6.10 Å². The van der Waals surface area contributed by atoms with E-state index in [0.29, 0.717) is 5.56 Å². The van der Waals surface area contributed by atoms with Gasteiger partial charge in [-0.25, -0.2) is 4.79 Å². The van der Waals surface area contributed by atoms with Gasteiger partial charge in [0.15, 0.2) is 6.10 Å². The first-order chi connectivity index (χ1) is 10.4. The fourth-order valence-corrected chi connectivity index (χ4v) is 2.78. The number of hydrogen-bond donors (Lipinski definition) is 0. The molecule has 0 aliphatic carbocycles. The number of ether oxygens (including phenoxy) is 3. The first-order valence-electron chi connectivity index (χ1n) is 7.45. The van der Waals surface area contributed by atoms with Crippen molar-refractivity contribution in [3.05, 3.63) is 35.9 Å². The molecule has 1 aliphatic heterocycles. The van der Waals surface area contributed by atoms with Gasteiger partial charge in [0.1, 0.15) is 0 Å². The van der Waals surface area contributed by atoms with Crippen LogP contribution < -0.4 is 0 Å². The van der Waals surface area contributed by atoms with Gasteiger partial charge in [-0.1, -0.05) is 39.0 Å². The van der Waals surface area contributed by atoms with E-state index in [9.17, 15) is 9.59 Å². The smallest absolute Gasteiger partial charge is 0.338 e. The van der Waals surface area contributed by atoms with Crippen LogP contribution in [0.4, 0.5) is 0 Å². The number of rotatable bonds is 4. The van der Waals surface area contributed by atoms with Crippen LogP contribution in [0.15, 0.2) is 30.3 Å². The van der Waals surface area contributed by atoms with Crippen LogP contribution >= 0.6 is 0 Å². The van der Waals surface area contributed by atoms with Crippen LogP contribution in [0, 0.1) is 5.41 Å². The molecule has 0 amide bonds. The third-order valence-electron chi connectivity index (χ3n) is 4.01. The highest BCUT2D eigenvalue weighted by Gasteiger charge is 2.53. The van der Waals surface area contributed by atoms with Gasteiger partial charge in [-0.2, -0.15) is 0 Å². The zero-order valence-corrected chi connectivity index (χ0v) is 13.4. The van der Waals surface area contributed by atoms with E-state index in [1.54, 1.807) is 24.3 Å². The first kappa shape index (κ1) is 16.5. The summed E-state index contributed by atoms with van der Waals surface area (Å²) in [5, 5.41) is 0. The molecule has 5 nitrogen and oxygen atoms in total. The van der Waals surface area contributed by atoms with Crippen molar-refractivity contribution >= 4 is 11.9 Å². The summed E-state index contributed by atoms with van der Waals surface area (Å²) < 4.78 is 16.6. The molecule has 1 aromatic carbocycles. The van der Waals surface area contributed by atoms with Gasteiger partial charge in [0.05, 0.1) is 11.7 Å². The highest BCUT2D eigenvalue weighted by atomic mass is 16.7. The number of esters is 2. The van der Waals surface area contributed by atoms with Crippen molar-refractivity contribution in [3.63, 3.8) is 0 Å². The van der Waals surface area contributed by atoms with Crippen LogP contribution in [-0.2, 0) is 19.0 Å². The minimum atomic E-state index is -0.870. The highest BCUT2D eigenvalue weighted by Crippen LogP contribution is 2.42. The van der Waals surface area contributed by atoms with E-state index in [2.05, 4.69) is 0 Å². The topological polar surface area (TPSA) is 61.8 Å². The minimum Gasteiger partial charge on any atom is -0.451 e. The molecule has 0 spiro atoms. The Balaban J connectivity index is 2.20. The van der Waals surface area contributed by atoms with Crippen LogP contribution in [-0.4, -0.2) is 30.4 Å². The van der Waals surface area contributed by atoms with Crippen molar-refractivity contribution in [1.29, 1.82) is 0 Å². The summed E-state index contributed by atoms with van der Waals surface area (Å²) in [5.74, 6) is -0.908. The molecule has 1 unspecified atom stereocenters. The van der Waals surface area contributed by atoms with E-state index >= 15 is 0 Å². The second-order valence-corrected chi connectivity index (χ2v) is 6.02. The summed E-state index contributed by atoms with van der Waals surface area (Å²) in [7, 11) is 0. The van der Waals surface area contributed by atoms with Gasteiger partial charge in [-0.3, -0.25) is 4.79 Å². The fourth-order valence-electron chi connectivity index (χ4n) is 2.78. The lowest BCUT2D eigenvalue weighted by molar-refractivity contribution is -0.186. The number of hydrogen-bond acceptors (Lipinski definition) is 5. The van der Waals surface area contributed by atoms with Crippen molar-refractivity contribution in [1.82, 2.24) is 0 Å². The monoisotopic (exact) mass is 306 g/mol. The Bertz CT molecular complexity index is 537. The zero-order chi connectivity index (χ0) is 16.3. The van der Waals surface area contributed by atoms with Gasteiger partial charge < -0.3 is 14.2 Å².